The normalized spacial score (nSPS) is 22.2. The van der Waals surface area contributed by atoms with Crippen molar-refractivity contribution in [1.29, 1.82) is 0 Å². The predicted molar refractivity (Wildman–Crippen MR) is 70.3 cm³/mol. The molecule has 1 rings (SSSR count). The van der Waals surface area contributed by atoms with E-state index in [-0.39, 0.29) is 6.61 Å². The zero-order chi connectivity index (χ0) is 12.5. The van der Waals surface area contributed by atoms with Crippen LogP contribution < -0.4 is 5.32 Å². The first kappa shape index (κ1) is 14.9. The summed E-state index contributed by atoms with van der Waals surface area (Å²) in [5.74, 6) is 0. The summed E-state index contributed by atoms with van der Waals surface area (Å²) in [6.45, 7) is 9.53. The van der Waals surface area contributed by atoms with E-state index in [0.717, 1.165) is 39.2 Å². The summed E-state index contributed by atoms with van der Waals surface area (Å²) in [7, 11) is 0. The second-order valence-corrected chi connectivity index (χ2v) is 4.75. The van der Waals surface area contributed by atoms with E-state index in [1.165, 1.54) is 12.8 Å². The van der Waals surface area contributed by atoms with E-state index in [4.69, 9.17) is 9.84 Å². The molecule has 0 aromatic carbocycles. The van der Waals surface area contributed by atoms with E-state index >= 15 is 0 Å². The van der Waals surface area contributed by atoms with Crippen LogP contribution in [0.1, 0.15) is 33.1 Å². The fourth-order valence-electron chi connectivity index (χ4n) is 2.42. The Morgan fingerprint density at radius 1 is 1.47 bits per heavy atom. The summed E-state index contributed by atoms with van der Waals surface area (Å²) in [5.41, 5.74) is 0. The quantitative estimate of drug-likeness (QED) is 0.631. The SMILES string of the molecule is CCNC(CCO)CN(CC)CC1CCCO1. The molecule has 0 bridgehead atoms. The number of aliphatic hydroxyl groups excluding tert-OH is 1. The lowest BCUT2D eigenvalue weighted by molar-refractivity contribution is 0.0703. The van der Waals surface area contributed by atoms with E-state index in [9.17, 15) is 0 Å². The molecule has 102 valence electrons. The van der Waals surface area contributed by atoms with Crippen molar-refractivity contribution in [3.05, 3.63) is 0 Å². The fraction of sp³-hybridized carbons (Fsp3) is 1.00. The number of ether oxygens (including phenoxy) is 1. The van der Waals surface area contributed by atoms with Gasteiger partial charge in [-0.25, -0.2) is 0 Å². The molecule has 4 heteroatoms. The molecule has 0 aromatic rings. The Balaban J connectivity index is 2.31. The van der Waals surface area contributed by atoms with Crippen molar-refractivity contribution in [1.82, 2.24) is 10.2 Å². The summed E-state index contributed by atoms with van der Waals surface area (Å²) < 4.78 is 5.68. The first-order chi connectivity index (χ1) is 8.30. The molecule has 4 nitrogen and oxygen atoms in total. The van der Waals surface area contributed by atoms with Gasteiger partial charge in [-0.1, -0.05) is 13.8 Å². The van der Waals surface area contributed by atoms with Gasteiger partial charge in [0.25, 0.3) is 0 Å². The van der Waals surface area contributed by atoms with Crippen LogP contribution in [0.15, 0.2) is 0 Å². The molecule has 17 heavy (non-hydrogen) atoms. The number of aliphatic hydroxyl groups is 1. The van der Waals surface area contributed by atoms with Crippen molar-refractivity contribution in [2.45, 2.75) is 45.3 Å². The molecule has 1 fully saturated rings. The predicted octanol–water partition coefficient (Wildman–Crippen LogP) is 0.848. The monoisotopic (exact) mass is 244 g/mol. The smallest absolute Gasteiger partial charge is 0.0702 e. The maximum absolute atomic E-state index is 9.05. The van der Waals surface area contributed by atoms with Crippen LogP contribution >= 0.6 is 0 Å². The van der Waals surface area contributed by atoms with Gasteiger partial charge in [0, 0.05) is 32.3 Å². The van der Waals surface area contributed by atoms with Crippen LogP contribution in [-0.4, -0.2) is 61.5 Å². The highest BCUT2D eigenvalue weighted by Gasteiger charge is 2.20. The van der Waals surface area contributed by atoms with Crippen LogP contribution in [0.3, 0.4) is 0 Å². The molecule has 2 atom stereocenters. The van der Waals surface area contributed by atoms with E-state index in [2.05, 4.69) is 24.1 Å². The van der Waals surface area contributed by atoms with E-state index in [1.54, 1.807) is 0 Å². The number of nitrogens with zero attached hydrogens (tertiary/aromatic N) is 1. The van der Waals surface area contributed by atoms with Crippen LogP contribution in [0.4, 0.5) is 0 Å². The molecule has 2 unspecified atom stereocenters. The molecule has 0 aliphatic carbocycles. The number of hydrogen-bond donors (Lipinski definition) is 2. The third-order valence-electron chi connectivity index (χ3n) is 3.38. The van der Waals surface area contributed by atoms with E-state index in [0.29, 0.717) is 12.1 Å². The molecular weight excluding hydrogens is 216 g/mol. The Bertz CT molecular complexity index is 178. The van der Waals surface area contributed by atoms with Crippen LogP contribution in [0.2, 0.25) is 0 Å². The van der Waals surface area contributed by atoms with Gasteiger partial charge in [-0.15, -0.1) is 0 Å². The summed E-state index contributed by atoms with van der Waals surface area (Å²) >= 11 is 0. The van der Waals surface area contributed by atoms with Gasteiger partial charge in [0.1, 0.15) is 0 Å². The second-order valence-electron chi connectivity index (χ2n) is 4.75. The third kappa shape index (κ3) is 5.82. The maximum atomic E-state index is 9.05. The molecule has 0 radical (unpaired) electrons. The van der Waals surface area contributed by atoms with Crippen LogP contribution in [0.5, 0.6) is 0 Å². The molecule has 1 aliphatic rings. The van der Waals surface area contributed by atoms with E-state index in [1.807, 2.05) is 0 Å². The molecule has 0 saturated carbocycles. The standard InChI is InChI=1S/C13H28N2O2/c1-3-14-12(7-8-16)10-15(4-2)11-13-6-5-9-17-13/h12-14,16H,3-11H2,1-2H3. The molecule has 2 N–H and O–H groups in total. The lowest BCUT2D eigenvalue weighted by Crippen LogP contribution is -2.44. The van der Waals surface area contributed by atoms with Crippen molar-refractivity contribution < 1.29 is 9.84 Å². The molecule has 1 heterocycles. The molecule has 0 spiro atoms. The zero-order valence-electron chi connectivity index (χ0n) is 11.3. The Morgan fingerprint density at radius 3 is 2.82 bits per heavy atom. The molecule has 0 amide bonds. The maximum Gasteiger partial charge on any atom is 0.0702 e. The minimum atomic E-state index is 0.259. The van der Waals surface area contributed by atoms with Gasteiger partial charge < -0.3 is 15.2 Å². The summed E-state index contributed by atoms with van der Waals surface area (Å²) in [6.07, 6.45) is 3.65. The third-order valence-corrected chi connectivity index (χ3v) is 3.38. The Morgan fingerprint density at radius 2 is 2.29 bits per heavy atom. The number of hydrogen-bond acceptors (Lipinski definition) is 4. The molecular formula is C13H28N2O2. The topological polar surface area (TPSA) is 44.7 Å². The van der Waals surface area contributed by atoms with Gasteiger partial charge >= 0.3 is 0 Å². The summed E-state index contributed by atoms with van der Waals surface area (Å²) in [4.78, 5) is 2.43. The highest BCUT2D eigenvalue weighted by molar-refractivity contribution is 4.75. The first-order valence-electron chi connectivity index (χ1n) is 6.98. The minimum absolute atomic E-state index is 0.259. The second kappa shape index (κ2) is 8.86. The van der Waals surface area contributed by atoms with Crippen molar-refractivity contribution in [2.24, 2.45) is 0 Å². The van der Waals surface area contributed by atoms with Gasteiger partial charge in [-0.3, -0.25) is 4.90 Å². The van der Waals surface area contributed by atoms with Gasteiger partial charge in [-0.05, 0) is 32.4 Å². The first-order valence-corrected chi connectivity index (χ1v) is 6.98. The number of rotatable bonds is 9. The van der Waals surface area contributed by atoms with Crippen molar-refractivity contribution in [3.8, 4) is 0 Å². The zero-order valence-corrected chi connectivity index (χ0v) is 11.3. The van der Waals surface area contributed by atoms with Gasteiger partial charge in [0.2, 0.25) is 0 Å². The fourth-order valence-corrected chi connectivity index (χ4v) is 2.42. The van der Waals surface area contributed by atoms with Crippen LogP contribution in [0, 0.1) is 0 Å². The average Bonchev–Trinajstić information content (AvgIpc) is 2.81. The van der Waals surface area contributed by atoms with Crippen LogP contribution in [0.25, 0.3) is 0 Å². The highest BCUT2D eigenvalue weighted by atomic mass is 16.5. The summed E-state index contributed by atoms with van der Waals surface area (Å²) in [6, 6.07) is 0.395. The van der Waals surface area contributed by atoms with Gasteiger partial charge in [0.05, 0.1) is 6.10 Å². The molecule has 0 aromatic heterocycles. The molecule has 1 aliphatic heterocycles. The van der Waals surface area contributed by atoms with Gasteiger partial charge in [-0.2, -0.15) is 0 Å². The highest BCUT2D eigenvalue weighted by Crippen LogP contribution is 2.13. The Kier molecular flexibility index (Phi) is 7.77. The average molecular weight is 244 g/mol. The lowest BCUT2D eigenvalue weighted by atomic mass is 10.1. The molecule has 1 saturated heterocycles. The number of nitrogens with one attached hydrogen (secondary N) is 1. The Labute approximate surface area is 105 Å². The minimum Gasteiger partial charge on any atom is -0.396 e. The summed E-state index contributed by atoms with van der Waals surface area (Å²) in [5, 5.41) is 12.5. The Hall–Kier alpha value is -0.160. The van der Waals surface area contributed by atoms with Crippen molar-refractivity contribution in [3.63, 3.8) is 0 Å². The van der Waals surface area contributed by atoms with Crippen molar-refractivity contribution in [2.75, 3.05) is 39.4 Å². The number of likely N-dealkylation sites (N-methyl/N-ethyl adjacent to an activating group) is 2. The largest absolute Gasteiger partial charge is 0.396 e. The van der Waals surface area contributed by atoms with Gasteiger partial charge in [0.15, 0.2) is 0 Å². The van der Waals surface area contributed by atoms with E-state index < -0.39 is 0 Å². The van der Waals surface area contributed by atoms with Crippen LogP contribution in [-0.2, 0) is 4.74 Å². The van der Waals surface area contributed by atoms with Crippen molar-refractivity contribution >= 4 is 0 Å². The lowest BCUT2D eigenvalue weighted by Gasteiger charge is -2.28.